The Labute approximate surface area is 197 Å². The zero-order valence-corrected chi connectivity index (χ0v) is 19.4. The average molecular weight is 459 g/mol. The number of fused-ring (bicyclic) bond motifs is 1. The molecule has 0 bridgehead atoms. The predicted molar refractivity (Wildman–Crippen MR) is 129 cm³/mol. The minimum absolute atomic E-state index is 0.0315. The number of aromatic carboxylic acids is 1. The molecule has 0 spiro atoms. The maximum atomic E-state index is 11.7. The molecule has 174 valence electrons. The smallest absolute Gasteiger partial charge is 0.337 e. The van der Waals surface area contributed by atoms with Gasteiger partial charge in [-0.2, -0.15) is 5.26 Å². The molecular formula is C25H26N6O3. The summed E-state index contributed by atoms with van der Waals surface area (Å²) in [5.41, 5.74) is 4.03. The van der Waals surface area contributed by atoms with Gasteiger partial charge in [-0.15, -0.1) is 0 Å². The first-order valence-corrected chi connectivity index (χ1v) is 11.1. The number of piperazine rings is 1. The van der Waals surface area contributed by atoms with Crippen molar-refractivity contribution in [1.82, 2.24) is 14.9 Å². The lowest BCUT2D eigenvalue weighted by molar-refractivity contribution is -0.129. The van der Waals surface area contributed by atoms with Crippen LogP contribution in [0.2, 0.25) is 0 Å². The number of carbonyl (C=O) groups excluding carboxylic acids is 1. The lowest BCUT2D eigenvalue weighted by atomic mass is 10.0. The number of nitriles is 1. The van der Waals surface area contributed by atoms with Gasteiger partial charge in [0.05, 0.1) is 22.6 Å². The summed E-state index contributed by atoms with van der Waals surface area (Å²) in [6, 6.07) is 12.6. The van der Waals surface area contributed by atoms with Gasteiger partial charge in [0.25, 0.3) is 0 Å². The van der Waals surface area contributed by atoms with Crippen LogP contribution in [0.5, 0.6) is 0 Å². The first kappa shape index (κ1) is 23.0. The van der Waals surface area contributed by atoms with Crippen molar-refractivity contribution in [3.63, 3.8) is 0 Å². The topological polar surface area (TPSA) is 122 Å². The molecule has 3 aromatic rings. The standard InChI is InChI=1S/C25H26N6O3/c1-15-12-19(16(2)27-20-7-5-4-6-18(20)25(33)34)23-21(13-15)28-22(14-26)24(29-23)31-10-8-30(9-11-31)17(3)32/h4-7,12-13,16,27H,8-11H2,1-3H3,(H,33,34)/t16-/m1/s1. The van der Waals surface area contributed by atoms with Gasteiger partial charge in [0, 0.05) is 44.4 Å². The van der Waals surface area contributed by atoms with Crippen LogP contribution in [0.4, 0.5) is 11.5 Å². The average Bonchev–Trinajstić information content (AvgIpc) is 2.82. The van der Waals surface area contributed by atoms with Gasteiger partial charge in [-0.1, -0.05) is 18.2 Å². The number of aryl methyl sites for hydroxylation is 1. The van der Waals surface area contributed by atoms with E-state index in [1.54, 1.807) is 36.1 Å². The number of amides is 1. The molecule has 1 atom stereocenters. The fraction of sp³-hybridized carbons (Fsp3) is 0.320. The third-order valence-corrected chi connectivity index (χ3v) is 6.05. The molecule has 2 N–H and O–H groups in total. The third kappa shape index (κ3) is 4.48. The molecular weight excluding hydrogens is 432 g/mol. The monoisotopic (exact) mass is 458 g/mol. The fourth-order valence-corrected chi connectivity index (χ4v) is 4.29. The molecule has 0 aliphatic carbocycles. The molecule has 0 saturated carbocycles. The van der Waals surface area contributed by atoms with Gasteiger partial charge in [0.2, 0.25) is 5.91 Å². The van der Waals surface area contributed by atoms with E-state index in [0.29, 0.717) is 48.7 Å². The van der Waals surface area contributed by atoms with Crippen LogP contribution in [0.3, 0.4) is 0 Å². The highest BCUT2D eigenvalue weighted by atomic mass is 16.4. The second kappa shape index (κ2) is 9.35. The molecule has 0 radical (unpaired) electrons. The molecule has 2 heterocycles. The van der Waals surface area contributed by atoms with Crippen LogP contribution in [-0.2, 0) is 4.79 Å². The van der Waals surface area contributed by atoms with Crippen LogP contribution in [0.15, 0.2) is 36.4 Å². The van der Waals surface area contributed by atoms with E-state index in [9.17, 15) is 20.0 Å². The number of anilines is 2. The summed E-state index contributed by atoms with van der Waals surface area (Å²) in [5, 5.41) is 22.6. The molecule has 1 aromatic heterocycles. The number of carboxylic acids is 1. The summed E-state index contributed by atoms with van der Waals surface area (Å²) < 4.78 is 0. The minimum Gasteiger partial charge on any atom is -0.478 e. The maximum Gasteiger partial charge on any atom is 0.337 e. The number of carbonyl (C=O) groups is 2. The highest BCUT2D eigenvalue weighted by Gasteiger charge is 2.24. The molecule has 0 unspecified atom stereocenters. The van der Waals surface area contributed by atoms with Crippen LogP contribution in [0.1, 0.15) is 47.1 Å². The Morgan fingerprint density at radius 1 is 1.15 bits per heavy atom. The normalized spacial score (nSPS) is 14.5. The van der Waals surface area contributed by atoms with E-state index in [4.69, 9.17) is 4.98 Å². The lowest BCUT2D eigenvalue weighted by Crippen LogP contribution is -2.48. The van der Waals surface area contributed by atoms with Crippen molar-refractivity contribution in [3.05, 3.63) is 58.8 Å². The van der Waals surface area contributed by atoms with Crippen molar-refractivity contribution in [2.24, 2.45) is 0 Å². The van der Waals surface area contributed by atoms with Crippen molar-refractivity contribution in [2.75, 3.05) is 36.4 Å². The molecule has 4 rings (SSSR count). The first-order valence-electron chi connectivity index (χ1n) is 11.1. The largest absolute Gasteiger partial charge is 0.478 e. The lowest BCUT2D eigenvalue weighted by Gasteiger charge is -2.35. The number of hydrogen-bond acceptors (Lipinski definition) is 7. The number of aromatic nitrogens is 2. The van der Waals surface area contributed by atoms with E-state index in [1.165, 1.54) is 0 Å². The van der Waals surface area contributed by atoms with E-state index in [-0.39, 0.29) is 23.2 Å². The van der Waals surface area contributed by atoms with Crippen molar-refractivity contribution in [1.29, 1.82) is 5.26 Å². The molecule has 34 heavy (non-hydrogen) atoms. The number of rotatable bonds is 5. The van der Waals surface area contributed by atoms with Crippen molar-refractivity contribution in [2.45, 2.75) is 26.8 Å². The molecule has 1 aliphatic rings. The Morgan fingerprint density at radius 3 is 2.50 bits per heavy atom. The van der Waals surface area contributed by atoms with Gasteiger partial charge < -0.3 is 20.2 Å². The van der Waals surface area contributed by atoms with Gasteiger partial charge in [-0.25, -0.2) is 14.8 Å². The summed E-state index contributed by atoms with van der Waals surface area (Å²) >= 11 is 0. The van der Waals surface area contributed by atoms with Crippen LogP contribution < -0.4 is 10.2 Å². The maximum absolute atomic E-state index is 11.7. The molecule has 2 aromatic carbocycles. The molecule has 1 amide bonds. The second-order valence-corrected chi connectivity index (χ2v) is 8.44. The van der Waals surface area contributed by atoms with Crippen molar-refractivity contribution < 1.29 is 14.7 Å². The summed E-state index contributed by atoms with van der Waals surface area (Å²) in [7, 11) is 0. The number of para-hydroxylation sites is 1. The Bertz CT molecular complexity index is 1310. The summed E-state index contributed by atoms with van der Waals surface area (Å²) in [5.74, 6) is -0.472. The summed E-state index contributed by atoms with van der Waals surface area (Å²) in [6.45, 7) is 7.69. The zero-order valence-electron chi connectivity index (χ0n) is 19.4. The molecule has 1 fully saturated rings. The van der Waals surface area contributed by atoms with Gasteiger partial charge in [-0.3, -0.25) is 4.79 Å². The van der Waals surface area contributed by atoms with E-state index < -0.39 is 5.97 Å². The predicted octanol–water partition coefficient (Wildman–Crippen LogP) is 3.35. The highest BCUT2D eigenvalue weighted by molar-refractivity contribution is 5.94. The van der Waals surface area contributed by atoms with Gasteiger partial charge in [0.15, 0.2) is 11.5 Å². The summed E-state index contributed by atoms with van der Waals surface area (Å²) in [4.78, 5) is 36.6. The quantitative estimate of drug-likeness (QED) is 0.597. The number of carboxylic acid groups (broad SMARTS) is 1. The fourth-order valence-electron chi connectivity index (χ4n) is 4.29. The Balaban J connectivity index is 1.74. The van der Waals surface area contributed by atoms with Gasteiger partial charge >= 0.3 is 5.97 Å². The number of nitrogens with one attached hydrogen (secondary N) is 1. The van der Waals surface area contributed by atoms with E-state index in [2.05, 4.69) is 16.4 Å². The van der Waals surface area contributed by atoms with E-state index in [1.807, 2.05) is 30.9 Å². The van der Waals surface area contributed by atoms with Crippen molar-refractivity contribution >= 4 is 34.4 Å². The summed E-state index contributed by atoms with van der Waals surface area (Å²) in [6.07, 6.45) is 0. The number of nitrogens with zero attached hydrogens (tertiary/aromatic N) is 5. The molecule has 1 aliphatic heterocycles. The molecule has 9 nitrogen and oxygen atoms in total. The molecule has 1 saturated heterocycles. The van der Waals surface area contributed by atoms with E-state index in [0.717, 1.165) is 11.1 Å². The van der Waals surface area contributed by atoms with E-state index >= 15 is 0 Å². The Hall–Kier alpha value is -4.19. The van der Waals surface area contributed by atoms with Gasteiger partial charge in [0.1, 0.15) is 6.07 Å². The third-order valence-electron chi connectivity index (χ3n) is 6.05. The first-order chi connectivity index (χ1) is 16.3. The molecule has 9 heteroatoms. The highest BCUT2D eigenvalue weighted by Crippen LogP contribution is 2.30. The number of hydrogen-bond donors (Lipinski definition) is 2. The zero-order chi connectivity index (χ0) is 24.4. The minimum atomic E-state index is -1.00. The SMILES string of the molecule is CC(=O)N1CCN(c2nc3c([C@@H](C)Nc4ccccc4C(=O)O)cc(C)cc3nc2C#N)CC1. The van der Waals surface area contributed by atoms with Gasteiger partial charge in [-0.05, 0) is 37.6 Å². The second-order valence-electron chi connectivity index (χ2n) is 8.44. The Kier molecular flexibility index (Phi) is 6.32. The van der Waals surface area contributed by atoms with Crippen LogP contribution in [0.25, 0.3) is 11.0 Å². The number of benzene rings is 2. The Morgan fingerprint density at radius 2 is 1.85 bits per heavy atom. The van der Waals surface area contributed by atoms with Crippen molar-refractivity contribution in [3.8, 4) is 6.07 Å². The van der Waals surface area contributed by atoms with Crippen LogP contribution in [-0.4, -0.2) is 58.0 Å². The van der Waals surface area contributed by atoms with Crippen LogP contribution in [0, 0.1) is 18.3 Å². The van der Waals surface area contributed by atoms with Crippen LogP contribution >= 0.6 is 0 Å².